The number of rotatable bonds is 6. The third-order valence-corrected chi connectivity index (χ3v) is 17.2. The first kappa shape index (κ1) is 55.9. The maximum atomic E-state index is 14.9. The van der Waals surface area contributed by atoms with E-state index in [1.165, 1.54) is 45.3 Å². The number of benzene rings is 2. The Kier molecular flexibility index (Phi) is 16.3. The number of hydrogen-bond acceptors (Lipinski definition) is 15. The van der Waals surface area contributed by atoms with Crippen molar-refractivity contribution in [3.63, 3.8) is 0 Å². The van der Waals surface area contributed by atoms with Crippen LogP contribution in [0.5, 0.6) is 17.2 Å². The molecule has 6 heterocycles. The Morgan fingerprint density at radius 3 is 2.23 bits per heavy atom. The highest BCUT2D eigenvalue weighted by molar-refractivity contribution is 6.21. The van der Waals surface area contributed by atoms with Gasteiger partial charge >= 0.3 is 11.8 Å². The minimum Gasteiger partial charge on any atom is -0.507 e. The van der Waals surface area contributed by atoms with Crippen LogP contribution in [-0.2, 0) is 23.9 Å². The number of carbonyl (C=O) groups excluding carboxylic acids is 4. The molecule has 2 amide bonds. The van der Waals surface area contributed by atoms with E-state index in [0.717, 1.165) is 32.7 Å². The van der Waals surface area contributed by atoms with Gasteiger partial charge in [-0.25, -0.2) is 4.99 Å². The number of Topliss-reactive ketones (excluding diaryl/α,β-unsaturated/α-hetero) is 1. The van der Waals surface area contributed by atoms with E-state index < -0.39 is 82.3 Å². The van der Waals surface area contributed by atoms with E-state index in [-0.39, 0.29) is 62.0 Å². The molecule has 0 unspecified atom stereocenters. The summed E-state index contributed by atoms with van der Waals surface area (Å²) >= 11 is 0. The van der Waals surface area contributed by atoms with Gasteiger partial charge in [0.05, 0.1) is 35.1 Å². The first-order valence-corrected chi connectivity index (χ1v) is 27.5. The molecule has 0 radical (unpaired) electrons. The summed E-state index contributed by atoms with van der Waals surface area (Å²) in [4.78, 5) is 73.8. The number of aromatic hydroxyl groups is 2. The van der Waals surface area contributed by atoms with Crippen LogP contribution in [0.25, 0.3) is 10.8 Å². The van der Waals surface area contributed by atoms with Gasteiger partial charge < -0.3 is 49.8 Å². The van der Waals surface area contributed by atoms with Gasteiger partial charge in [0.1, 0.15) is 39.4 Å². The lowest BCUT2D eigenvalue weighted by atomic mass is 9.78. The second-order valence-electron chi connectivity index (χ2n) is 23.7. The number of aliphatic hydroxyl groups is 2. The number of amides is 2. The molecule has 1 saturated carbocycles. The van der Waals surface area contributed by atoms with E-state index in [1.807, 2.05) is 6.92 Å². The largest absolute Gasteiger partial charge is 0.507 e. The van der Waals surface area contributed by atoms with Crippen molar-refractivity contribution in [2.24, 2.45) is 45.0 Å². The molecule has 9 rings (SSSR count). The minimum atomic E-state index is -1.95. The fraction of sp³-hybridized carbons (Fsp3) is 0.655. The van der Waals surface area contributed by atoms with Gasteiger partial charge in [0, 0.05) is 106 Å². The lowest BCUT2D eigenvalue weighted by Gasteiger charge is -2.42. The van der Waals surface area contributed by atoms with Gasteiger partial charge in [0.15, 0.2) is 5.75 Å². The molecule has 17 nitrogen and oxygen atoms in total. The molecule has 2 saturated heterocycles. The van der Waals surface area contributed by atoms with Crippen molar-refractivity contribution in [1.29, 1.82) is 0 Å². The molecule has 0 aromatic heterocycles. The van der Waals surface area contributed by atoms with Crippen molar-refractivity contribution in [2.45, 2.75) is 163 Å². The number of piperazine rings is 1. The van der Waals surface area contributed by atoms with Gasteiger partial charge in [-0.2, -0.15) is 0 Å². The number of ketones is 1. The van der Waals surface area contributed by atoms with Crippen LogP contribution in [0, 0.1) is 41.9 Å². The Bertz CT molecular complexity index is 2770. The van der Waals surface area contributed by atoms with Crippen LogP contribution >= 0.6 is 0 Å². The number of carbonyl (C=O) groups is 4. The first-order chi connectivity index (χ1) is 35.4. The molecule has 8 atom stereocenters. The lowest BCUT2D eigenvalue weighted by Crippen LogP contribution is -2.56. The molecule has 5 N–H and O–H groups in total. The molecule has 1 spiro atoms. The third kappa shape index (κ3) is 10.8. The third-order valence-electron chi connectivity index (χ3n) is 17.2. The maximum absolute atomic E-state index is 14.9. The summed E-state index contributed by atoms with van der Waals surface area (Å²) in [5.41, 5.74) is -1.67. The van der Waals surface area contributed by atoms with E-state index in [1.54, 1.807) is 77.7 Å². The van der Waals surface area contributed by atoms with Crippen LogP contribution in [0.4, 0.5) is 5.69 Å². The Labute approximate surface area is 441 Å². The molecule has 75 heavy (non-hydrogen) atoms. The number of esters is 1. The van der Waals surface area contributed by atoms with E-state index >= 15 is 0 Å². The molecule has 7 aliphatic rings. The summed E-state index contributed by atoms with van der Waals surface area (Å²) in [5.74, 6) is -7.13. The highest BCUT2D eigenvalue weighted by Gasteiger charge is 2.51. The van der Waals surface area contributed by atoms with Crippen LogP contribution < -0.4 is 20.8 Å². The summed E-state index contributed by atoms with van der Waals surface area (Å²) in [5, 5.41) is 51.6. The molecule has 410 valence electrons. The van der Waals surface area contributed by atoms with Gasteiger partial charge in [-0.15, -0.1) is 0 Å². The molecule has 2 aromatic carbocycles. The standard InChI is InChI=1S/C58H82N6O11/c1-32(2)31-62-24-22-58(23-25-62)60-43-40-41-48(67)38(8)51-42(40)52(69)57(11,75-51)73-30-16-19-34(4)50(74-55(72)56(9,10)54(71)64-28-26-63(27-29-64)39-20-13-12-14-21-39)37(7)47(66)36(6)46(65)33(3)17-15-18-35(5)53(70)59-45(49(41)68)44(43)61-58/h15-18,30,32-34,36-37,39,46-47,50,60,65-68H,12-14,19-29,31H2,1-11H3/b17-15+,30-16+,35-18-,59-45?/t33-,34+,36+,37+,46-,47+,50+,57-/m0/s1. The highest BCUT2D eigenvalue weighted by Crippen LogP contribution is 2.51. The van der Waals surface area contributed by atoms with Crippen molar-refractivity contribution < 1.29 is 53.8 Å². The smallest absolute Gasteiger partial charge is 0.321 e. The number of fused-ring (bicyclic) bond motifs is 13. The molecule has 5 bridgehead atoms. The zero-order valence-corrected chi connectivity index (χ0v) is 46.1. The molecule has 2 aromatic rings. The predicted molar refractivity (Wildman–Crippen MR) is 285 cm³/mol. The molecule has 3 fully saturated rings. The Morgan fingerprint density at radius 1 is 0.907 bits per heavy atom. The number of allylic oxidation sites excluding steroid dienone is 3. The van der Waals surface area contributed by atoms with Gasteiger partial charge in [-0.1, -0.05) is 79.0 Å². The molecular formula is C58H82N6O11. The van der Waals surface area contributed by atoms with Crippen LogP contribution in [0.1, 0.15) is 137 Å². The van der Waals surface area contributed by atoms with E-state index in [9.17, 15) is 39.6 Å². The van der Waals surface area contributed by atoms with Crippen LogP contribution in [0.15, 0.2) is 46.1 Å². The zero-order valence-electron chi connectivity index (χ0n) is 46.1. The summed E-state index contributed by atoms with van der Waals surface area (Å²) in [6.45, 7) is 24.1. The van der Waals surface area contributed by atoms with E-state index in [0.29, 0.717) is 43.6 Å². The fourth-order valence-corrected chi connectivity index (χ4v) is 12.3. The number of nitrogens with zero attached hydrogens (tertiary/aromatic N) is 5. The van der Waals surface area contributed by atoms with E-state index in [2.05, 4.69) is 34.0 Å². The summed E-state index contributed by atoms with van der Waals surface area (Å²) in [7, 11) is 0. The number of piperidine rings is 1. The van der Waals surface area contributed by atoms with Gasteiger partial charge in [0.2, 0.25) is 5.91 Å². The van der Waals surface area contributed by atoms with Crippen LogP contribution in [0.2, 0.25) is 0 Å². The Balaban J connectivity index is 1.14. The topological polar surface area (TPSA) is 223 Å². The quantitative estimate of drug-likeness (QED) is 0.117. The highest BCUT2D eigenvalue weighted by atomic mass is 16.7. The second-order valence-corrected chi connectivity index (χ2v) is 23.7. The van der Waals surface area contributed by atoms with Gasteiger partial charge in [-0.05, 0) is 64.9 Å². The number of phenols is 2. The van der Waals surface area contributed by atoms with Crippen LogP contribution in [-0.4, -0.2) is 140 Å². The SMILES string of the molecule is C/C1=C/C=C/[C@H](C)[C@H](O)[C@@H](C)[C@@H](O)[C@@H](C)[C@H](OC(=O)C(C)(C)C(=O)N2CCN(C3CCCCC3)CC2)[C@H](C)C/C=C/O[C@@]2(C)Oc3c(C)c(O)c4c(O)c(c5c(c4c3C2=O)NC2(CCN(CC(C)C)CC2)N=5)=NC1=O. The van der Waals surface area contributed by atoms with E-state index in [4.69, 9.17) is 19.2 Å². The molecule has 6 aliphatic heterocycles. The average molecular weight is 1040 g/mol. The fourth-order valence-electron chi connectivity index (χ4n) is 12.3. The van der Waals surface area contributed by atoms with Crippen molar-refractivity contribution in [1.82, 2.24) is 14.7 Å². The normalized spacial score (nSPS) is 31.0. The number of phenolic OH excluding ortho intramolecular Hbond substituents is 2. The first-order valence-electron chi connectivity index (χ1n) is 27.5. The van der Waals surface area contributed by atoms with Crippen LogP contribution in [0.3, 0.4) is 0 Å². The van der Waals surface area contributed by atoms with Crippen molar-refractivity contribution in [3.05, 3.63) is 58.0 Å². The molecule has 17 heteroatoms. The van der Waals surface area contributed by atoms with Gasteiger partial charge in [-0.3, -0.25) is 29.1 Å². The second kappa shape index (κ2) is 21.9. The summed E-state index contributed by atoms with van der Waals surface area (Å²) in [6.07, 6.45) is 12.1. The molecule has 1 aliphatic carbocycles. The number of anilines is 1. The number of likely N-dealkylation sites (tertiary alicyclic amines) is 1. The van der Waals surface area contributed by atoms with Crippen molar-refractivity contribution in [2.75, 3.05) is 51.1 Å². The number of ether oxygens (including phenoxy) is 3. The monoisotopic (exact) mass is 1040 g/mol. The maximum Gasteiger partial charge on any atom is 0.321 e. The number of hydrogen-bond donors (Lipinski definition) is 5. The minimum absolute atomic E-state index is 0.0603. The predicted octanol–water partition coefficient (Wildman–Crippen LogP) is 6.61. The molecular weight excluding hydrogens is 957 g/mol. The number of nitrogens with one attached hydrogen (secondary N) is 1. The average Bonchev–Trinajstić information content (AvgIpc) is 3.89. The zero-order chi connectivity index (χ0) is 54.5. The van der Waals surface area contributed by atoms with Gasteiger partial charge in [0.25, 0.3) is 11.7 Å². The summed E-state index contributed by atoms with van der Waals surface area (Å²) < 4.78 is 18.9. The number of aliphatic hydroxyl groups excluding tert-OH is 2. The van der Waals surface area contributed by atoms with Crippen molar-refractivity contribution >= 4 is 40.0 Å². The Hall–Kier alpha value is -5.36. The van der Waals surface area contributed by atoms with Crippen molar-refractivity contribution in [3.8, 4) is 17.2 Å². The summed E-state index contributed by atoms with van der Waals surface area (Å²) in [6, 6.07) is 0.528. The Morgan fingerprint density at radius 2 is 1.57 bits per heavy atom. The lowest BCUT2D eigenvalue weighted by molar-refractivity contribution is -0.175.